The molecule has 128 valence electrons. The topological polar surface area (TPSA) is 67.2 Å². The average Bonchev–Trinajstić information content (AvgIpc) is 2.94. The van der Waals surface area contributed by atoms with Gasteiger partial charge in [-0.1, -0.05) is 6.42 Å². The Morgan fingerprint density at radius 3 is 2.83 bits per heavy atom. The van der Waals surface area contributed by atoms with Crippen molar-refractivity contribution in [3.63, 3.8) is 0 Å². The van der Waals surface area contributed by atoms with Crippen LogP contribution in [0.3, 0.4) is 0 Å². The van der Waals surface area contributed by atoms with E-state index < -0.39 is 0 Å². The van der Waals surface area contributed by atoms with Crippen molar-refractivity contribution in [2.24, 2.45) is 13.0 Å². The number of carbonyl (C=O) groups is 1. The maximum absolute atomic E-state index is 12.6. The number of carbonyl (C=O) groups excluding carboxylic acids is 1. The molecule has 0 N–H and O–H groups in total. The predicted octanol–water partition coefficient (Wildman–Crippen LogP) is 1.59. The predicted molar refractivity (Wildman–Crippen MR) is 91.7 cm³/mol. The van der Waals surface area contributed by atoms with Crippen molar-refractivity contribution in [3.05, 3.63) is 12.5 Å². The second-order valence-corrected chi connectivity index (χ2v) is 7.02. The molecule has 1 aliphatic heterocycles. The van der Waals surface area contributed by atoms with Gasteiger partial charge in [-0.25, -0.2) is 9.97 Å². The van der Waals surface area contributed by atoms with E-state index in [9.17, 15) is 4.79 Å². The number of hydrogen-bond donors (Lipinski definition) is 0. The van der Waals surface area contributed by atoms with Crippen LogP contribution in [-0.2, 0) is 11.8 Å². The molecule has 0 spiro atoms. The third-order valence-electron chi connectivity index (χ3n) is 5.55. The minimum absolute atomic E-state index is 0.258. The fraction of sp³-hybridized carbons (Fsp3) is 0.647. The van der Waals surface area contributed by atoms with Crippen LogP contribution in [0.4, 0.5) is 5.82 Å². The molecule has 1 amide bonds. The summed E-state index contributed by atoms with van der Waals surface area (Å²) in [5, 5.41) is 5.28. The highest BCUT2D eigenvalue weighted by molar-refractivity contribution is 5.86. The van der Waals surface area contributed by atoms with E-state index in [4.69, 9.17) is 0 Å². The summed E-state index contributed by atoms with van der Waals surface area (Å²) >= 11 is 0. The largest absolute Gasteiger partial charge is 0.354 e. The molecule has 1 saturated heterocycles. The zero-order valence-electron chi connectivity index (χ0n) is 14.4. The number of fused-ring (bicyclic) bond motifs is 1. The van der Waals surface area contributed by atoms with Crippen LogP contribution in [0, 0.1) is 5.92 Å². The first-order valence-electron chi connectivity index (χ1n) is 8.79. The monoisotopic (exact) mass is 328 g/mol. The molecule has 1 saturated carbocycles. The van der Waals surface area contributed by atoms with E-state index in [-0.39, 0.29) is 12.0 Å². The minimum Gasteiger partial charge on any atom is -0.354 e. The number of nitrogens with zero attached hydrogens (tertiary/aromatic N) is 6. The smallest absolute Gasteiger partial charge is 0.225 e. The van der Waals surface area contributed by atoms with Crippen LogP contribution in [-0.4, -0.2) is 56.7 Å². The molecule has 2 aromatic rings. The lowest BCUT2D eigenvalue weighted by Gasteiger charge is -2.40. The lowest BCUT2D eigenvalue weighted by atomic mass is 9.84. The first-order valence-corrected chi connectivity index (χ1v) is 8.79. The van der Waals surface area contributed by atoms with Crippen LogP contribution in [0.2, 0.25) is 0 Å². The van der Waals surface area contributed by atoms with E-state index >= 15 is 0 Å². The highest BCUT2D eigenvalue weighted by Gasteiger charge is 2.33. The van der Waals surface area contributed by atoms with Gasteiger partial charge in [0.25, 0.3) is 0 Å². The number of amides is 1. The Morgan fingerprint density at radius 2 is 2.08 bits per heavy atom. The average molecular weight is 328 g/mol. The first kappa shape index (κ1) is 15.4. The maximum atomic E-state index is 12.6. The Balaban J connectivity index is 1.54. The normalized spacial score (nSPS) is 21.8. The molecule has 3 heterocycles. The Kier molecular flexibility index (Phi) is 3.86. The number of anilines is 1. The summed E-state index contributed by atoms with van der Waals surface area (Å²) < 4.78 is 1.77. The van der Waals surface area contributed by atoms with E-state index in [1.54, 1.807) is 11.0 Å². The van der Waals surface area contributed by atoms with Gasteiger partial charge in [0.05, 0.1) is 11.6 Å². The van der Waals surface area contributed by atoms with Crippen LogP contribution in [0.1, 0.15) is 32.1 Å². The van der Waals surface area contributed by atoms with Crippen molar-refractivity contribution in [1.82, 2.24) is 24.6 Å². The van der Waals surface area contributed by atoms with Gasteiger partial charge in [0.15, 0.2) is 5.65 Å². The summed E-state index contributed by atoms with van der Waals surface area (Å²) in [5.41, 5.74) is 0.848. The molecule has 4 rings (SSSR count). The molecule has 1 atom stereocenters. The SMILES string of the molecule is CN(C(=O)C1CCC1)C1CCCN(c2ncnc3c2cnn3C)C1. The third-order valence-corrected chi connectivity index (χ3v) is 5.55. The number of aryl methyl sites for hydroxylation is 1. The van der Waals surface area contributed by atoms with Gasteiger partial charge in [0.2, 0.25) is 5.91 Å². The van der Waals surface area contributed by atoms with E-state index in [1.165, 1.54) is 6.42 Å². The number of hydrogen-bond acceptors (Lipinski definition) is 5. The lowest BCUT2D eigenvalue weighted by molar-refractivity contribution is -0.139. The fourth-order valence-corrected chi connectivity index (χ4v) is 3.79. The van der Waals surface area contributed by atoms with Crippen LogP contribution in [0.15, 0.2) is 12.5 Å². The summed E-state index contributed by atoms with van der Waals surface area (Å²) in [6.45, 7) is 1.79. The van der Waals surface area contributed by atoms with Gasteiger partial charge in [-0.2, -0.15) is 5.10 Å². The molecular formula is C17H24N6O. The fourth-order valence-electron chi connectivity index (χ4n) is 3.79. The van der Waals surface area contributed by atoms with Crippen LogP contribution < -0.4 is 4.90 Å². The Bertz CT molecular complexity index is 753. The van der Waals surface area contributed by atoms with Gasteiger partial charge in [-0.05, 0) is 25.7 Å². The molecule has 0 radical (unpaired) electrons. The Morgan fingerprint density at radius 1 is 1.25 bits per heavy atom. The van der Waals surface area contributed by atoms with E-state index in [0.29, 0.717) is 5.91 Å². The maximum Gasteiger partial charge on any atom is 0.225 e. The molecule has 1 unspecified atom stereocenters. The zero-order chi connectivity index (χ0) is 16.7. The zero-order valence-corrected chi connectivity index (χ0v) is 14.4. The molecule has 0 bridgehead atoms. The molecular weight excluding hydrogens is 304 g/mol. The number of aromatic nitrogens is 4. The molecule has 7 heteroatoms. The highest BCUT2D eigenvalue weighted by Crippen LogP contribution is 2.31. The molecule has 1 aliphatic carbocycles. The van der Waals surface area contributed by atoms with Gasteiger partial charge in [0.1, 0.15) is 12.1 Å². The van der Waals surface area contributed by atoms with Crippen molar-refractivity contribution in [2.75, 3.05) is 25.0 Å². The van der Waals surface area contributed by atoms with Crippen LogP contribution >= 0.6 is 0 Å². The molecule has 2 fully saturated rings. The Labute approximate surface area is 141 Å². The van der Waals surface area contributed by atoms with E-state index in [1.807, 2.05) is 25.2 Å². The number of rotatable bonds is 3. The van der Waals surface area contributed by atoms with E-state index in [0.717, 1.165) is 55.6 Å². The van der Waals surface area contributed by atoms with Gasteiger partial charge in [0, 0.05) is 39.1 Å². The summed E-state index contributed by atoms with van der Waals surface area (Å²) in [6, 6.07) is 0.258. The van der Waals surface area contributed by atoms with Gasteiger partial charge in [-0.3, -0.25) is 9.48 Å². The van der Waals surface area contributed by atoms with Crippen molar-refractivity contribution in [2.45, 2.75) is 38.1 Å². The summed E-state index contributed by atoms with van der Waals surface area (Å²) in [7, 11) is 3.86. The van der Waals surface area contributed by atoms with Crippen molar-refractivity contribution in [1.29, 1.82) is 0 Å². The molecule has 7 nitrogen and oxygen atoms in total. The third kappa shape index (κ3) is 2.52. The quantitative estimate of drug-likeness (QED) is 0.856. The van der Waals surface area contributed by atoms with Gasteiger partial charge in [-0.15, -0.1) is 0 Å². The Hall–Kier alpha value is -2.18. The summed E-state index contributed by atoms with van der Waals surface area (Å²) in [4.78, 5) is 25.6. The minimum atomic E-state index is 0.258. The van der Waals surface area contributed by atoms with Crippen LogP contribution in [0.5, 0.6) is 0 Å². The standard InChI is InChI=1S/C17H24N6O/c1-21(17(24)12-5-3-6-12)13-7-4-8-23(10-13)16-14-9-20-22(2)15(14)18-11-19-16/h9,11-13H,3-8,10H2,1-2H3. The summed E-state index contributed by atoms with van der Waals surface area (Å²) in [5.74, 6) is 1.51. The van der Waals surface area contributed by atoms with Gasteiger partial charge >= 0.3 is 0 Å². The van der Waals surface area contributed by atoms with Crippen molar-refractivity contribution >= 4 is 22.8 Å². The lowest BCUT2D eigenvalue weighted by Crippen LogP contribution is -2.51. The van der Waals surface area contributed by atoms with E-state index in [2.05, 4.69) is 20.0 Å². The van der Waals surface area contributed by atoms with Gasteiger partial charge < -0.3 is 9.80 Å². The first-order chi connectivity index (χ1) is 11.6. The second-order valence-electron chi connectivity index (χ2n) is 7.02. The molecule has 2 aromatic heterocycles. The molecule has 24 heavy (non-hydrogen) atoms. The van der Waals surface area contributed by atoms with Crippen molar-refractivity contribution < 1.29 is 4.79 Å². The summed E-state index contributed by atoms with van der Waals surface area (Å²) in [6.07, 6.45) is 8.87. The molecule has 0 aromatic carbocycles. The number of likely N-dealkylation sites (N-methyl/N-ethyl adjacent to an activating group) is 1. The second kappa shape index (κ2) is 6.03. The molecule has 2 aliphatic rings. The van der Waals surface area contributed by atoms with Crippen molar-refractivity contribution in [3.8, 4) is 0 Å². The van der Waals surface area contributed by atoms with Crippen LogP contribution in [0.25, 0.3) is 11.0 Å². The number of piperidine rings is 1. The highest BCUT2D eigenvalue weighted by atomic mass is 16.2.